The molecule has 8 heteroatoms. The van der Waals surface area contributed by atoms with Crippen molar-refractivity contribution in [3.8, 4) is 0 Å². The summed E-state index contributed by atoms with van der Waals surface area (Å²) in [6.07, 6.45) is 0.270. The Kier molecular flexibility index (Phi) is 4.92. The molecule has 1 N–H and O–H groups in total. The van der Waals surface area contributed by atoms with E-state index in [0.717, 1.165) is 0 Å². The third-order valence-corrected chi connectivity index (χ3v) is 3.35. The Labute approximate surface area is 122 Å². The van der Waals surface area contributed by atoms with Crippen molar-refractivity contribution < 1.29 is 28.5 Å². The van der Waals surface area contributed by atoms with Crippen LogP contribution in [0.3, 0.4) is 0 Å². The van der Waals surface area contributed by atoms with Crippen molar-refractivity contribution in [3.05, 3.63) is 11.3 Å². The summed E-state index contributed by atoms with van der Waals surface area (Å²) >= 11 is 0. The van der Waals surface area contributed by atoms with Gasteiger partial charge in [0.2, 0.25) is 0 Å². The highest BCUT2D eigenvalue weighted by molar-refractivity contribution is 6.38. The van der Waals surface area contributed by atoms with Crippen molar-refractivity contribution in [2.45, 2.75) is 19.6 Å². The Morgan fingerprint density at radius 3 is 2.62 bits per heavy atom. The molecule has 0 aromatic heterocycles. The van der Waals surface area contributed by atoms with Gasteiger partial charge in [-0.2, -0.15) is 5.10 Å². The number of esters is 2. The topological polar surface area (TPSA) is 95.5 Å². The molecule has 0 aromatic rings. The van der Waals surface area contributed by atoms with Crippen LogP contribution in [0.4, 0.5) is 0 Å². The van der Waals surface area contributed by atoms with Crippen LogP contribution in [0.25, 0.3) is 0 Å². The highest BCUT2D eigenvalue weighted by Crippen LogP contribution is 2.27. The maximum absolute atomic E-state index is 11.8. The van der Waals surface area contributed by atoms with Gasteiger partial charge in [0.05, 0.1) is 33.4 Å². The molecule has 1 saturated heterocycles. The van der Waals surface area contributed by atoms with Crippen molar-refractivity contribution in [2.24, 2.45) is 11.0 Å². The van der Waals surface area contributed by atoms with Crippen LogP contribution in [-0.2, 0) is 28.5 Å². The molecule has 0 spiro atoms. The van der Waals surface area contributed by atoms with Gasteiger partial charge in [0, 0.05) is 0 Å². The predicted octanol–water partition coefficient (Wildman–Crippen LogP) is -0.0552. The number of fused-ring (bicyclic) bond motifs is 1. The molecule has 0 bridgehead atoms. The van der Waals surface area contributed by atoms with Crippen molar-refractivity contribution in [2.75, 3.05) is 27.4 Å². The summed E-state index contributed by atoms with van der Waals surface area (Å²) in [7, 11) is 2.54. The van der Waals surface area contributed by atoms with Crippen LogP contribution in [-0.4, -0.2) is 51.4 Å². The summed E-state index contributed by atoms with van der Waals surface area (Å²) in [6, 6.07) is 0. The number of hydrazone groups is 1. The van der Waals surface area contributed by atoms with E-state index in [2.05, 4.69) is 10.5 Å². The molecular formula is C13H18N2O6. The average Bonchev–Trinajstić information content (AvgIpc) is 2.75. The lowest BCUT2D eigenvalue weighted by atomic mass is 9.92. The van der Waals surface area contributed by atoms with E-state index in [1.54, 1.807) is 0 Å². The van der Waals surface area contributed by atoms with Crippen LogP contribution in [0.2, 0.25) is 0 Å². The SMILES string of the molecule is CC[C@@H]1OCC2=C(C(=O)OC)NN=C(C(=O)OC)[C@H]2CO1. The van der Waals surface area contributed by atoms with Gasteiger partial charge in [-0.1, -0.05) is 6.92 Å². The molecule has 2 aliphatic heterocycles. The fourth-order valence-electron chi connectivity index (χ4n) is 2.20. The molecule has 2 rings (SSSR count). The number of hydrogen-bond donors (Lipinski definition) is 1. The van der Waals surface area contributed by atoms with Crippen LogP contribution in [0, 0.1) is 5.92 Å². The van der Waals surface area contributed by atoms with Gasteiger partial charge in [0.15, 0.2) is 12.0 Å². The molecule has 2 aliphatic rings. The molecule has 0 aliphatic carbocycles. The Bertz CT molecular complexity index is 499. The number of nitrogens with one attached hydrogen (secondary N) is 1. The molecular weight excluding hydrogens is 280 g/mol. The number of ether oxygens (including phenoxy) is 4. The number of carbonyl (C=O) groups is 2. The van der Waals surface area contributed by atoms with Gasteiger partial charge in [-0.15, -0.1) is 0 Å². The largest absolute Gasteiger partial charge is 0.464 e. The monoisotopic (exact) mass is 298 g/mol. The predicted molar refractivity (Wildman–Crippen MR) is 71.1 cm³/mol. The number of methoxy groups -OCH3 is 2. The standard InChI is InChI=1S/C13H18N2O6/c1-4-9-20-5-7-8(6-21-9)11(13(17)19-3)15-14-10(7)12(16)18-2/h7,9,15H,4-6H2,1-3H3/t7-,9-/m0/s1. The third-order valence-electron chi connectivity index (χ3n) is 3.35. The lowest BCUT2D eigenvalue weighted by Gasteiger charge is -2.24. The molecule has 1 fully saturated rings. The van der Waals surface area contributed by atoms with E-state index >= 15 is 0 Å². The number of rotatable bonds is 3. The first-order chi connectivity index (χ1) is 10.1. The van der Waals surface area contributed by atoms with Crippen LogP contribution < -0.4 is 5.43 Å². The van der Waals surface area contributed by atoms with E-state index in [-0.39, 0.29) is 30.9 Å². The Balaban J connectivity index is 2.36. The molecule has 0 saturated carbocycles. The van der Waals surface area contributed by atoms with Gasteiger partial charge >= 0.3 is 11.9 Å². The molecule has 0 radical (unpaired) electrons. The van der Waals surface area contributed by atoms with Gasteiger partial charge < -0.3 is 18.9 Å². The minimum Gasteiger partial charge on any atom is -0.464 e. The average molecular weight is 298 g/mol. The van der Waals surface area contributed by atoms with Crippen LogP contribution in [0.5, 0.6) is 0 Å². The van der Waals surface area contributed by atoms with Crippen molar-refractivity contribution in [1.82, 2.24) is 5.43 Å². The summed E-state index contributed by atoms with van der Waals surface area (Å²) in [4.78, 5) is 23.6. The smallest absolute Gasteiger partial charge is 0.356 e. The zero-order valence-corrected chi connectivity index (χ0v) is 12.2. The maximum Gasteiger partial charge on any atom is 0.356 e. The zero-order valence-electron chi connectivity index (χ0n) is 12.2. The van der Waals surface area contributed by atoms with Gasteiger partial charge in [-0.05, 0) is 12.0 Å². The Morgan fingerprint density at radius 1 is 1.29 bits per heavy atom. The molecule has 116 valence electrons. The lowest BCUT2D eigenvalue weighted by molar-refractivity contribution is -0.137. The third kappa shape index (κ3) is 3.06. The number of carbonyl (C=O) groups excluding carboxylic acids is 2. The van der Waals surface area contributed by atoms with Crippen LogP contribution in [0.15, 0.2) is 16.4 Å². The lowest BCUT2D eigenvalue weighted by Crippen LogP contribution is -2.39. The minimum absolute atomic E-state index is 0.149. The quantitative estimate of drug-likeness (QED) is 0.729. The van der Waals surface area contributed by atoms with Crippen LogP contribution >= 0.6 is 0 Å². The first kappa shape index (κ1) is 15.5. The first-order valence-electron chi connectivity index (χ1n) is 6.58. The summed E-state index contributed by atoms with van der Waals surface area (Å²) in [5.41, 5.74) is 3.46. The number of hydrogen-bond acceptors (Lipinski definition) is 8. The van der Waals surface area contributed by atoms with Crippen LogP contribution in [0.1, 0.15) is 13.3 Å². The second kappa shape index (κ2) is 6.68. The molecule has 2 heterocycles. The molecule has 0 amide bonds. The van der Waals surface area contributed by atoms with Crippen molar-refractivity contribution in [1.29, 1.82) is 0 Å². The molecule has 21 heavy (non-hydrogen) atoms. The van der Waals surface area contributed by atoms with Gasteiger partial charge in [-0.3, -0.25) is 5.43 Å². The highest BCUT2D eigenvalue weighted by Gasteiger charge is 2.37. The summed E-state index contributed by atoms with van der Waals surface area (Å²) in [6.45, 7) is 2.25. The Morgan fingerprint density at radius 2 is 2.00 bits per heavy atom. The Hall–Kier alpha value is -1.93. The van der Waals surface area contributed by atoms with E-state index < -0.39 is 17.9 Å². The van der Waals surface area contributed by atoms with Crippen molar-refractivity contribution >= 4 is 17.7 Å². The van der Waals surface area contributed by atoms with Gasteiger partial charge in [-0.25, -0.2) is 9.59 Å². The molecule has 0 unspecified atom stereocenters. The normalized spacial score (nSPS) is 25.2. The zero-order chi connectivity index (χ0) is 15.4. The van der Waals surface area contributed by atoms with E-state index in [1.165, 1.54) is 14.2 Å². The molecule has 0 aromatic carbocycles. The minimum atomic E-state index is -0.576. The highest BCUT2D eigenvalue weighted by atomic mass is 16.7. The fourth-order valence-corrected chi connectivity index (χ4v) is 2.20. The van der Waals surface area contributed by atoms with E-state index in [4.69, 9.17) is 18.9 Å². The van der Waals surface area contributed by atoms with Gasteiger partial charge in [0.25, 0.3) is 0 Å². The second-order valence-electron chi connectivity index (χ2n) is 4.53. The summed E-state index contributed by atoms with van der Waals surface area (Å²) < 4.78 is 20.6. The second-order valence-corrected chi connectivity index (χ2v) is 4.53. The molecule has 2 atom stereocenters. The van der Waals surface area contributed by atoms with Crippen molar-refractivity contribution in [3.63, 3.8) is 0 Å². The molecule has 8 nitrogen and oxygen atoms in total. The number of nitrogens with zero attached hydrogens (tertiary/aromatic N) is 1. The maximum atomic E-state index is 11.8. The summed E-state index contributed by atoms with van der Waals surface area (Å²) in [5.74, 6) is -1.64. The summed E-state index contributed by atoms with van der Waals surface area (Å²) in [5, 5.41) is 3.93. The van der Waals surface area contributed by atoms with E-state index in [1.807, 2.05) is 6.92 Å². The van der Waals surface area contributed by atoms with E-state index in [0.29, 0.717) is 12.0 Å². The fraction of sp³-hybridized carbons (Fsp3) is 0.615. The van der Waals surface area contributed by atoms with Gasteiger partial charge in [0.1, 0.15) is 5.70 Å². The van der Waals surface area contributed by atoms with E-state index in [9.17, 15) is 9.59 Å². The first-order valence-corrected chi connectivity index (χ1v) is 6.58.